The summed E-state index contributed by atoms with van der Waals surface area (Å²) in [6.45, 7) is 4.72. The van der Waals surface area contributed by atoms with Crippen LogP contribution in [0.2, 0.25) is 0 Å². The van der Waals surface area contributed by atoms with Gasteiger partial charge in [0.05, 0.1) is 13.2 Å². The number of hydrogen-bond donors (Lipinski definition) is 0. The third-order valence-corrected chi connectivity index (χ3v) is 3.96. The van der Waals surface area contributed by atoms with Crippen LogP contribution in [0.15, 0.2) is 18.2 Å². The highest BCUT2D eigenvalue weighted by molar-refractivity contribution is 5.98. The van der Waals surface area contributed by atoms with Crippen LogP contribution in [0.1, 0.15) is 46.0 Å². The van der Waals surface area contributed by atoms with Crippen molar-refractivity contribution in [2.24, 2.45) is 5.92 Å². The number of carbonyl (C=O) groups is 2. The maximum Gasteiger partial charge on any atom is 0.316 e. The second-order valence-electron chi connectivity index (χ2n) is 5.88. The van der Waals surface area contributed by atoms with Gasteiger partial charge in [-0.25, -0.2) is 0 Å². The first-order valence-electron chi connectivity index (χ1n) is 8.87. The standard InChI is InChI=1S/C19H26O6/c1-3-7-16(20)15(19(21)22-4-2)8-5-6-11-23-14-9-10-17-18(12-14)25-13-24-17/h9-10,12,15H,3-8,11,13H2,1-2H3. The lowest BCUT2D eigenvalue weighted by Gasteiger charge is -2.14. The molecule has 0 fully saturated rings. The lowest BCUT2D eigenvalue weighted by Crippen LogP contribution is -2.26. The zero-order valence-electron chi connectivity index (χ0n) is 14.9. The van der Waals surface area contributed by atoms with Gasteiger partial charge in [0, 0.05) is 12.5 Å². The van der Waals surface area contributed by atoms with E-state index in [9.17, 15) is 9.59 Å². The van der Waals surface area contributed by atoms with Gasteiger partial charge < -0.3 is 18.9 Å². The van der Waals surface area contributed by atoms with E-state index >= 15 is 0 Å². The average molecular weight is 350 g/mol. The number of Topliss-reactive ketones (excluding diaryl/α,β-unsaturated/α-hetero) is 1. The fourth-order valence-corrected chi connectivity index (χ4v) is 2.68. The van der Waals surface area contributed by atoms with Crippen molar-refractivity contribution in [2.75, 3.05) is 20.0 Å². The lowest BCUT2D eigenvalue weighted by atomic mass is 9.95. The molecule has 1 aromatic rings. The Bertz CT molecular complexity index is 565. The molecule has 0 N–H and O–H groups in total. The van der Waals surface area contributed by atoms with Crippen molar-refractivity contribution >= 4 is 11.8 Å². The van der Waals surface area contributed by atoms with E-state index in [1.54, 1.807) is 13.0 Å². The van der Waals surface area contributed by atoms with Gasteiger partial charge >= 0.3 is 5.97 Å². The SMILES string of the molecule is CCCC(=O)C(CCCCOc1ccc2c(c1)OCO2)C(=O)OCC. The van der Waals surface area contributed by atoms with Gasteiger partial charge in [0.25, 0.3) is 0 Å². The van der Waals surface area contributed by atoms with E-state index in [1.807, 2.05) is 19.1 Å². The summed E-state index contributed by atoms with van der Waals surface area (Å²) < 4.78 is 21.3. The van der Waals surface area contributed by atoms with Gasteiger partial charge in [-0.15, -0.1) is 0 Å². The van der Waals surface area contributed by atoms with E-state index in [2.05, 4.69) is 0 Å². The summed E-state index contributed by atoms with van der Waals surface area (Å²) in [5.41, 5.74) is 0. The molecule has 0 saturated carbocycles. The van der Waals surface area contributed by atoms with Crippen LogP contribution in [0.25, 0.3) is 0 Å². The number of hydrogen-bond acceptors (Lipinski definition) is 6. The van der Waals surface area contributed by atoms with Gasteiger partial charge in [0.1, 0.15) is 17.5 Å². The first-order chi connectivity index (χ1) is 12.2. The monoisotopic (exact) mass is 350 g/mol. The fraction of sp³-hybridized carbons (Fsp3) is 0.579. The number of ether oxygens (including phenoxy) is 4. The molecule has 1 atom stereocenters. The number of benzene rings is 1. The molecule has 1 unspecified atom stereocenters. The molecule has 0 bridgehead atoms. The molecule has 6 nitrogen and oxygen atoms in total. The molecule has 0 radical (unpaired) electrons. The number of esters is 1. The minimum Gasteiger partial charge on any atom is -0.493 e. The Kier molecular flexibility index (Phi) is 7.57. The van der Waals surface area contributed by atoms with Gasteiger partial charge in [-0.1, -0.05) is 6.92 Å². The van der Waals surface area contributed by atoms with Crippen LogP contribution in [-0.2, 0) is 14.3 Å². The Morgan fingerprint density at radius 2 is 1.96 bits per heavy atom. The highest BCUT2D eigenvalue weighted by Crippen LogP contribution is 2.35. The van der Waals surface area contributed by atoms with Gasteiger partial charge in [0.15, 0.2) is 11.5 Å². The normalized spacial score (nSPS) is 13.4. The predicted octanol–water partition coefficient (Wildman–Crippen LogP) is 3.51. The lowest BCUT2D eigenvalue weighted by molar-refractivity contribution is -0.152. The molecule has 1 aliphatic heterocycles. The highest BCUT2D eigenvalue weighted by Gasteiger charge is 2.26. The first-order valence-corrected chi connectivity index (χ1v) is 8.87. The van der Waals surface area contributed by atoms with Gasteiger partial charge in [-0.05, 0) is 44.7 Å². The highest BCUT2D eigenvalue weighted by atomic mass is 16.7. The molecule has 1 heterocycles. The van der Waals surface area contributed by atoms with Gasteiger partial charge in [-0.3, -0.25) is 9.59 Å². The van der Waals surface area contributed by atoms with E-state index in [0.29, 0.717) is 37.6 Å². The van der Waals surface area contributed by atoms with Crippen molar-refractivity contribution in [3.05, 3.63) is 18.2 Å². The third kappa shape index (κ3) is 5.66. The van der Waals surface area contributed by atoms with E-state index in [-0.39, 0.29) is 12.6 Å². The predicted molar refractivity (Wildman–Crippen MR) is 91.9 cm³/mol. The molecule has 0 spiro atoms. The van der Waals surface area contributed by atoms with Crippen LogP contribution >= 0.6 is 0 Å². The molecule has 0 aromatic heterocycles. The smallest absolute Gasteiger partial charge is 0.316 e. The molecule has 1 aliphatic rings. The van der Waals surface area contributed by atoms with Gasteiger partial charge in [-0.2, -0.15) is 0 Å². The molecule has 0 aliphatic carbocycles. The Hall–Kier alpha value is -2.24. The number of rotatable bonds is 11. The van der Waals surface area contributed by atoms with Crippen LogP contribution in [0.3, 0.4) is 0 Å². The van der Waals surface area contributed by atoms with Crippen LogP contribution in [0.4, 0.5) is 0 Å². The molecule has 2 rings (SSSR count). The summed E-state index contributed by atoms with van der Waals surface area (Å²) in [5, 5.41) is 0. The summed E-state index contributed by atoms with van der Waals surface area (Å²) in [4.78, 5) is 24.0. The van der Waals surface area contributed by atoms with Crippen molar-refractivity contribution in [1.82, 2.24) is 0 Å². The Morgan fingerprint density at radius 1 is 1.16 bits per heavy atom. The van der Waals surface area contributed by atoms with E-state index in [0.717, 1.165) is 25.0 Å². The molecule has 0 amide bonds. The van der Waals surface area contributed by atoms with Gasteiger partial charge in [0.2, 0.25) is 6.79 Å². The summed E-state index contributed by atoms with van der Waals surface area (Å²) in [5.74, 6) is 1.04. The molecule has 138 valence electrons. The minimum atomic E-state index is -0.648. The zero-order chi connectivity index (χ0) is 18.1. The molecule has 0 saturated heterocycles. The topological polar surface area (TPSA) is 71.1 Å². The summed E-state index contributed by atoms with van der Waals surface area (Å²) in [6, 6.07) is 5.45. The summed E-state index contributed by atoms with van der Waals surface area (Å²) in [6.07, 6.45) is 3.13. The second kappa shape index (κ2) is 9.91. The zero-order valence-corrected chi connectivity index (χ0v) is 14.9. The van der Waals surface area contributed by atoms with Crippen LogP contribution in [0.5, 0.6) is 17.2 Å². The number of carbonyl (C=O) groups excluding carboxylic acids is 2. The van der Waals surface area contributed by atoms with Crippen molar-refractivity contribution in [2.45, 2.75) is 46.0 Å². The summed E-state index contributed by atoms with van der Waals surface area (Å²) >= 11 is 0. The molecular formula is C19H26O6. The quantitative estimate of drug-likeness (QED) is 0.345. The average Bonchev–Trinajstić information content (AvgIpc) is 3.06. The molecule has 25 heavy (non-hydrogen) atoms. The number of unbranched alkanes of at least 4 members (excludes halogenated alkanes) is 1. The van der Waals surface area contributed by atoms with Crippen molar-refractivity contribution in [1.29, 1.82) is 0 Å². The second-order valence-corrected chi connectivity index (χ2v) is 5.88. The van der Waals surface area contributed by atoms with E-state index < -0.39 is 11.9 Å². The third-order valence-electron chi connectivity index (χ3n) is 3.96. The largest absolute Gasteiger partial charge is 0.493 e. The first kappa shape index (κ1) is 19.1. The van der Waals surface area contributed by atoms with Crippen molar-refractivity contribution in [3.8, 4) is 17.2 Å². The fourth-order valence-electron chi connectivity index (χ4n) is 2.68. The van der Waals surface area contributed by atoms with Crippen molar-refractivity contribution in [3.63, 3.8) is 0 Å². The minimum absolute atomic E-state index is 0.0300. The Balaban J connectivity index is 1.73. The maximum atomic E-state index is 12.1. The number of fused-ring (bicyclic) bond motifs is 1. The van der Waals surface area contributed by atoms with Crippen molar-refractivity contribution < 1.29 is 28.5 Å². The van der Waals surface area contributed by atoms with Crippen LogP contribution in [0, 0.1) is 5.92 Å². The number of ketones is 1. The maximum absolute atomic E-state index is 12.1. The molecule has 1 aromatic carbocycles. The van der Waals surface area contributed by atoms with E-state index in [4.69, 9.17) is 18.9 Å². The summed E-state index contributed by atoms with van der Waals surface area (Å²) in [7, 11) is 0. The molecular weight excluding hydrogens is 324 g/mol. The Morgan fingerprint density at radius 3 is 2.72 bits per heavy atom. The van der Waals surface area contributed by atoms with E-state index in [1.165, 1.54) is 0 Å². The van der Waals surface area contributed by atoms with Crippen LogP contribution < -0.4 is 14.2 Å². The Labute approximate surface area is 148 Å². The molecule has 6 heteroatoms. The van der Waals surface area contributed by atoms with Crippen LogP contribution in [-0.4, -0.2) is 31.8 Å².